The maximum absolute atomic E-state index is 13.7. The standard InChI is InChI=1S/C30H33F7N4O4/c1-39(23-13-19(29(32,33)34)12-20(14-23)30(35,36)37)28(44)40(2)25-16-41(15-24(25)17-4-8-21(31)9-5-17)26(42)18-6-10-22(11-7-18)38-27(43)45-3/h4-5,8-9,12-14,18,22,24-25H,6-7,10-11,15-16H2,1-3H3,(H,38,43)/t18-,22+,24-,25+/m0/s1. The van der Waals surface area contributed by atoms with Gasteiger partial charge in [0.15, 0.2) is 0 Å². The van der Waals surface area contributed by atoms with Gasteiger partial charge in [-0.25, -0.2) is 14.0 Å². The Hall–Kier alpha value is -4.04. The molecule has 2 aliphatic rings. The zero-order chi connectivity index (χ0) is 33.3. The lowest BCUT2D eigenvalue weighted by molar-refractivity contribution is -0.143. The predicted octanol–water partition coefficient (Wildman–Crippen LogP) is 6.26. The number of nitrogens with one attached hydrogen (secondary N) is 1. The molecule has 1 heterocycles. The van der Waals surface area contributed by atoms with E-state index >= 15 is 0 Å². The number of carbonyl (C=O) groups is 3. The second-order valence-corrected chi connectivity index (χ2v) is 11.4. The van der Waals surface area contributed by atoms with Gasteiger partial charge >= 0.3 is 24.5 Å². The van der Waals surface area contributed by atoms with Crippen molar-refractivity contribution in [2.75, 3.05) is 39.2 Å². The normalized spacial score (nSPS) is 22.1. The molecule has 45 heavy (non-hydrogen) atoms. The van der Waals surface area contributed by atoms with E-state index in [9.17, 15) is 45.1 Å². The fourth-order valence-electron chi connectivity index (χ4n) is 5.99. The molecule has 2 atom stereocenters. The predicted molar refractivity (Wildman–Crippen MR) is 149 cm³/mol. The zero-order valence-electron chi connectivity index (χ0n) is 24.7. The lowest BCUT2D eigenvalue weighted by atomic mass is 9.85. The minimum atomic E-state index is -5.10. The summed E-state index contributed by atoms with van der Waals surface area (Å²) in [6.45, 7) is 0.187. The highest BCUT2D eigenvalue weighted by Crippen LogP contribution is 2.39. The Morgan fingerprint density at radius 1 is 0.867 bits per heavy atom. The third-order valence-electron chi connectivity index (χ3n) is 8.53. The van der Waals surface area contributed by atoms with Crippen molar-refractivity contribution in [2.24, 2.45) is 5.92 Å². The summed E-state index contributed by atoms with van der Waals surface area (Å²) in [5, 5.41) is 2.72. The molecule has 1 saturated carbocycles. The average molecular weight is 647 g/mol. The summed E-state index contributed by atoms with van der Waals surface area (Å²) in [6.07, 6.45) is -8.68. The number of likely N-dealkylation sites (N-methyl/N-ethyl adjacent to an activating group) is 1. The molecule has 1 saturated heterocycles. The minimum absolute atomic E-state index is 0.0183. The highest BCUT2D eigenvalue weighted by molar-refractivity contribution is 5.92. The Bertz CT molecular complexity index is 1360. The number of alkyl carbamates (subject to hydrolysis) is 1. The Morgan fingerprint density at radius 2 is 1.42 bits per heavy atom. The number of carbonyl (C=O) groups excluding carboxylic acids is 3. The van der Waals surface area contributed by atoms with E-state index in [2.05, 4.69) is 10.1 Å². The van der Waals surface area contributed by atoms with Gasteiger partial charge < -0.3 is 19.9 Å². The van der Waals surface area contributed by atoms with Gasteiger partial charge in [0.05, 0.1) is 24.3 Å². The van der Waals surface area contributed by atoms with Crippen molar-refractivity contribution in [1.29, 1.82) is 0 Å². The smallest absolute Gasteiger partial charge is 0.416 e. The number of hydrogen-bond acceptors (Lipinski definition) is 4. The van der Waals surface area contributed by atoms with Crippen molar-refractivity contribution in [2.45, 2.75) is 56.0 Å². The zero-order valence-corrected chi connectivity index (χ0v) is 24.7. The van der Waals surface area contributed by atoms with E-state index in [-0.39, 0.29) is 37.0 Å². The number of urea groups is 1. The van der Waals surface area contributed by atoms with Crippen molar-refractivity contribution in [1.82, 2.24) is 15.1 Å². The van der Waals surface area contributed by atoms with E-state index in [1.54, 1.807) is 4.90 Å². The number of anilines is 1. The van der Waals surface area contributed by atoms with Crippen molar-refractivity contribution < 1.29 is 49.9 Å². The topological polar surface area (TPSA) is 82.2 Å². The number of hydrogen-bond donors (Lipinski definition) is 1. The van der Waals surface area contributed by atoms with Gasteiger partial charge in [0.1, 0.15) is 5.82 Å². The van der Waals surface area contributed by atoms with Crippen LogP contribution in [0.4, 0.5) is 46.0 Å². The van der Waals surface area contributed by atoms with Crippen LogP contribution in [0.5, 0.6) is 0 Å². The highest BCUT2D eigenvalue weighted by Gasteiger charge is 2.43. The molecule has 2 aromatic rings. The number of ether oxygens (including phenoxy) is 1. The van der Waals surface area contributed by atoms with Crippen LogP contribution in [0.3, 0.4) is 0 Å². The monoisotopic (exact) mass is 646 g/mol. The molecule has 0 aromatic heterocycles. The number of halogens is 7. The van der Waals surface area contributed by atoms with Gasteiger partial charge in [-0.3, -0.25) is 9.69 Å². The maximum atomic E-state index is 13.7. The van der Waals surface area contributed by atoms with Gasteiger partial charge in [-0.2, -0.15) is 26.3 Å². The first kappa shape index (κ1) is 33.8. The van der Waals surface area contributed by atoms with Crippen LogP contribution in [-0.2, 0) is 21.9 Å². The van der Waals surface area contributed by atoms with Crippen LogP contribution in [-0.4, -0.2) is 74.2 Å². The number of amides is 4. The number of rotatable bonds is 5. The van der Waals surface area contributed by atoms with Gasteiger partial charge in [-0.05, 0) is 61.6 Å². The van der Waals surface area contributed by atoms with Crippen LogP contribution in [0.15, 0.2) is 42.5 Å². The molecular formula is C30H33F7N4O4. The van der Waals surface area contributed by atoms with E-state index < -0.39 is 59.1 Å². The molecule has 1 N–H and O–H groups in total. The van der Waals surface area contributed by atoms with Gasteiger partial charge in [-0.15, -0.1) is 0 Å². The molecule has 0 unspecified atom stereocenters. The summed E-state index contributed by atoms with van der Waals surface area (Å²) in [6, 6.07) is 4.60. The second-order valence-electron chi connectivity index (χ2n) is 11.4. The number of methoxy groups -OCH3 is 1. The van der Waals surface area contributed by atoms with Gasteiger partial charge in [-0.1, -0.05) is 12.1 Å². The molecule has 4 rings (SSSR count). The van der Waals surface area contributed by atoms with Crippen LogP contribution >= 0.6 is 0 Å². The fraction of sp³-hybridized carbons (Fsp3) is 0.500. The van der Waals surface area contributed by atoms with Crippen LogP contribution in [0.1, 0.15) is 48.3 Å². The van der Waals surface area contributed by atoms with Crippen molar-refractivity contribution in [3.8, 4) is 0 Å². The summed E-state index contributed by atoms with van der Waals surface area (Å²) in [5.74, 6) is -1.57. The number of nitrogens with zero attached hydrogens (tertiary/aromatic N) is 3. The van der Waals surface area contributed by atoms with Crippen LogP contribution < -0.4 is 10.2 Å². The van der Waals surface area contributed by atoms with Crippen LogP contribution in [0, 0.1) is 11.7 Å². The SMILES string of the molecule is COC(=O)N[C@H]1CC[C@@H](C(=O)N2C[C@@H](N(C)C(=O)N(C)c3cc(C(F)(F)F)cc(C(F)(F)F)c3)[C@H](c3ccc(F)cc3)C2)CC1. The molecule has 0 spiro atoms. The Labute approximate surface area is 255 Å². The second kappa shape index (κ2) is 13.1. The summed E-state index contributed by atoms with van der Waals surface area (Å²) in [4.78, 5) is 42.2. The van der Waals surface area contributed by atoms with Crippen molar-refractivity contribution in [3.63, 3.8) is 0 Å². The molecule has 2 aromatic carbocycles. The van der Waals surface area contributed by atoms with Crippen LogP contribution in [0.25, 0.3) is 0 Å². The molecule has 4 amide bonds. The number of benzene rings is 2. The number of likely N-dealkylation sites (tertiary alicyclic amines) is 1. The Kier molecular flexibility index (Phi) is 9.88. The molecular weight excluding hydrogens is 613 g/mol. The lowest BCUT2D eigenvalue weighted by Gasteiger charge is -2.33. The first-order valence-corrected chi connectivity index (χ1v) is 14.2. The minimum Gasteiger partial charge on any atom is -0.453 e. The molecule has 8 nitrogen and oxygen atoms in total. The van der Waals surface area contributed by atoms with Gasteiger partial charge in [0.25, 0.3) is 0 Å². The fourth-order valence-corrected chi connectivity index (χ4v) is 5.99. The largest absolute Gasteiger partial charge is 0.453 e. The first-order chi connectivity index (χ1) is 21.0. The molecule has 15 heteroatoms. The molecule has 0 bridgehead atoms. The summed E-state index contributed by atoms with van der Waals surface area (Å²) < 4.78 is 99.2. The van der Waals surface area contributed by atoms with Crippen molar-refractivity contribution in [3.05, 3.63) is 65.0 Å². The van der Waals surface area contributed by atoms with E-state index in [0.717, 1.165) is 7.05 Å². The third kappa shape index (κ3) is 7.79. The molecule has 246 valence electrons. The summed E-state index contributed by atoms with van der Waals surface area (Å²) in [7, 11) is 3.68. The molecule has 2 fully saturated rings. The molecule has 1 aliphatic carbocycles. The highest BCUT2D eigenvalue weighted by atomic mass is 19.4. The van der Waals surface area contributed by atoms with Crippen LogP contribution in [0.2, 0.25) is 0 Å². The van der Waals surface area contributed by atoms with E-state index in [0.29, 0.717) is 48.3 Å². The van der Waals surface area contributed by atoms with Gasteiger partial charge in [0, 0.05) is 50.7 Å². The average Bonchev–Trinajstić information content (AvgIpc) is 3.44. The first-order valence-electron chi connectivity index (χ1n) is 14.2. The Morgan fingerprint density at radius 3 is 1.93 bits per heavy atom. The number of alkyl halides is 6. The van der Waals surface area contributed by atoms with Gasteiger partial charge in [0.2, 0.25) is 5.91 Å². The van der Waals surface area contributed by atoms with E-state index in [1.165, 1.54) is 43.3 Å². The van der Waals surface area contributed by atoms with E-state index in [1.807, 2.05) is 0 Å². The lowest BCUT2D eigenvalue weighted by Crippen LogP contribution is -2.48. The Balaban J connectivity index is 1.57. The summed E-state index contributed by atoms with van der Waals surface area (Å²) in [5.41, 5.74) is -3.14. The maximum Gasteiger partial charge on any atom is 0.416 e. The molecule has 1 aliphatic heterocycles. The molecule has 0 radical (unpaired) electrons. The summed E-state index contributed by atoms with van der Waals surface area (Å²) >= 11 is 0. The quantitative estimate of drug-likeness (QED) is 0.389. The van der Waals surface area contributed by atoms with E-state index in [4.69, 9.17) is 0 Å². The van der Waals surface area contributed by atoms with Crippen molar-refractivity contribution >= 4 is 23.7 Å². The third-order valence-corrected chi connectivity index (χ3v) is 8.53.